The fraction of sp³-hybridized carbons (Fsp3) is 0.381. The first-order valence-electron chi connectivity index (χ1n) is 8.87. The molecule has 0 bridgehead atoms. The van der Waals surface area contributed by atoms with Crippen molar-refractivity contribution in [3.05, 3.63) is 59.2 Å². The van der Waals surface area contributed by atoms with Crippen molar-refractivity contribution in [3.8, 4) is 11.5 Å². The zero-order valence-corrected chi connectivity index (χ0v) is 15.9. The van der Waals surface area contributed by atoms with Gasteiger partial charge in [0, 0.05) is 12.7 Å². The van der Waals surface area contributed by atoms with E-state index in [1.54, 1.807) is 19.2 Å². The van der Waals surface area contributed by atoms with Crippen molar-refractivity contribution in [2.24, 2.45) is 0 Å². The van der Waals surface area contributed by atoms with Gasteiger partial charge in [-0.15, -0.1) is 0 Å². The van der Waals surface area contributed by atoms with Gasteiger partial charge in [-0.3, -0.25) is 4.79 Å². The average Bonchev–Trinajstić information content (AvgIpc) is 2.64. The van der Waals surface area contributed by atoms with Gasteiger partial charge in [0.15, 0.2) is 11.5 Å². The quantitative estimate of drug-likeness (QED) is 0.733. The summed E-state index contributed by atoms with van der Waals surface area (Å²) in [6, 6.07) is 13.0. The van der Waals surface area contributed by atoms with Gasteiger partial charge in [0.1, 0.15) is 0 Å². The summed E-state index contributed by atoms with van der Waals surface area (Å²) in [5.74, 6) is 1.29. The SMILES string of the molecule is CCOc1ccc([C@@H](C)NC(=O)c2ccc(COC)cc2)cc1OCC. The molecule has 0 aliphatic carbocycles. The van der Waals surface area contributed by atoms with Crippen LogP contribution < -0.4 is 14.8 Å². The molecule has 0 spiro atoms. The highest BCUT2D eigenvalue weighted by atomic mass is 16.5. The number of hydrogen-bond acceptors (Lipinski definition) is 4. The molecule has 2 rings (SSSR count). The molecule has 26 heavy (non-hydrogen) atoms. The molecule has 1 amide bonds. The number of nitrogens with one attached hydrogen (secondary N) is 1. The lowest BCUT2D eigenvalue weighted by molar-refractivity contribution is 0.0939. The van der Waals surface area contributed by atoms with Gasteiger partial charge in [0.05, 0.1) is 25.9 Å². The van der Waals surface area contributed by atoms with Crippen LogP contribution in [0.25, 0.3) is 0 Å². The second kappa shape index (κ2) is 9.82. The van der Waals surface area contributed by atoms with Gasteiger partial charge in [-0.2, -0.15) is 0 Å². The zero-order valence-electron chi connectivity index (χ0n) is 15.9. The molecule has 2 aromatic carbocycles. The topological polar surface area (TPSA) is 56.8 Å². The summed E-state index contributed by atoms with van der Waals surface area (Å²) in [7, 11) is 1.65. The van der Waals surface area contributed by atoms with E-state index < -0.39 is 0 Å². The maximum absolute atomic E-state index is 12.5. The van der Waals surface area contributed by atoms with E-state index in [0.717, 1.165) is 11.1 Å². The van der Waals surface area contributed by atoms with Crippen LogP contribution in [-0.4, -0.2) is 26.2 Å². The Morgan fingerprint density at radius 2 is 1.65 bits per heavy atom. The predicted octanol–water partition coefficient (Wildman–Crippen LogP) is 4.12. The van der Waals surface area contributed by atoms with E-state index in [4.69, 9.17) is 14.2 Å². The van der Waals surface area contributed by atoms with E-state index in [2.05, 4.69) is 5.32 Å². The molecule has 5 heteroatoms. The van der Waals surface area contributed by atoms with Gasteiger partial charge in [-0.25, -0.2) is 0 Å². The highest BCUT2D eigenvalue weighted by molar-refractivity contribution is 5.94. The molecule has 0 fully saturated rings. The van der Waals surface area contributed by atoms with Crippen LogP contribution in [0.15, 0.2) is 42.5 Å². The molecule has 1 N–H and O–H groups in total. The fourth-order valence-corrected chi connectivity index (χ4v) is 2.62. The second-order valence-electron chi connectivity index (χ2n) is 5.90. The van der Waals surface area contributed by atoms with Crippen molar-refractivity contribution in [3.63, 3.8) is 0 Å². The third-order valence-corrected chi connectivity index (χ3v) is 3.94. The summed E-state index contributed by atoms with van der Waals surface area (Å²) in [4.78, 5) is 12.5. The van der Waals surface area contributed by atoms with Gasteiger partial charge in [-0.05, 0) is 56.2 Å². The predicted molar refractivity (Wildman–Crippen MR) is 102 cm³/mol. The number of ether oxygens (including phenoxy) is 3. The zero-order chi connectivity index (χ0) is 18.9. The third-order valence-electron chi connectivity index (χ3n) is 3.94. The lowest BCUT2D eigenvalue weighted by Gasteiger charge is -2.17. The number of amides is 1. The number of carbonyl (C=O) groups excluding carboxylic acids is 1. The molecule has 0 unspecified atom stereocenters. The number of benzene rings is 2. The lowest BCUT2D eigenvalue weighted by Crippen LogP contribution is -2.26. The number of rotatable bonds is 9. The lowest BCUT2D eigenvalue weighted by atomic mass is 10.1. The van der Waals surface area contributed by atoms with Crippen LogP contribution in [0.2, 0.25) is 0 Å². The molecule has 2 aromatic rings. The van der Waals surface area contributed by atoms with Crippen LogP contribution in [-0.2, 0) is 11.3 Å². The molecule has 0 aliphatic heterocycles. The van der Waals surface area contributed by atoms with E-state index >= 15 is 0 Å². The highest BCUT2D eigenvalue weighted by Gasteiger charge is 2.14. The van der Waals surface area contributed by atoms with Gasteiger partial charge in [0.25, 0.3) is 5.91 Å². The molecule has 0 aliphatic rings. The first-order valence-corrected chi connectivity index (χ1v) is 8.87. The summed E-state index contributed by atoms with van der Waals surface area (Å²) in [6.07, 6.45) is 0. The monoisotopic (exact) mass is 357 g/mol. The number of hydrogen-bond donors (Lipinski definition) is 1. The molecule has 0 saturated carbocycles. The van der Waals surface area contributed by atoms with Crippen molar-refractivity contribution in [2.75, 3.05) is 20.3 Å². The minimum Gasteiger partial charge on any atom is -0.490 e. The van der Waals surface area contributed by atoms with Crippen molar-refractivity contribution < 1.29 is 19.0 Å². The Balaban J connectivity index is 2.09. The normalized spacial score (nSPS) is 11.7. The van der Waals surface area contributed by atoms with Crippen LogP contribution in [0.4, 0.5) is 0 Å². The molecular formula is C21H27NO4. The van der Waals surface area contributed by atoms with Gasteiger partial charge in [0.2, 0.25) is 0 Å². The molecular weight excluding hydrogens is 330 g/mol. The van der Waals surface area contributed by atoms with Crippen molar-refractivity contribution in [2.45, 2.75) is 33.4 Å². The van der Waals surface area contributed by atoms with Crippen LogP contribution in [0.3, 0.4) is 0 Å². The van der Waals surface area contributed by atoms with E-state index in [1.807, 2.05) is 51.1 Å². The smallest absolute Gasteiger partial charge is 0.251 e. The first kappa shape index (κ1) is 19.8. The second-order valence-corrected chi connectivity index (χ2v) is 5.90. The van der Waals surface area contributed by atoms with Crippen molar-refractivity contribution in [1.82, 2.24) is 5.32 Å². The maximum atomic E-state index is 12.5. The van der Waals surface area contributed by atoms with E-state index in [9.17, 15) is 4.79 Å². The van der Waals surface area contributed by atoms with Crippen molar-refractivity contribution >= 4 is 5.91 Å². The Bertz CT molecular complexity index is 712. The Hall–Kier alpha value is -2.53. The van der Waals surface area contributed by atoms with E-state index in [0.29, 0.717) is 36.9 Å². The largest absolute Gasteiger partial charge is 0.490 e. The standard InChI is InChI=1S/C21H27NO4/c1-5-25-19-12-11-18(13-20(19)26-6-2)15(3)22-21(23)17-9-7-16(8-10-17)14-24-4/h7-13,15H,5-6,14H2,1-4H3,(H,22,23)/t15-/m1/s1. The van der Waals surface area contributed by atoms with Gasteiger partial charge < -0.3 is 19.5 Å². The minimum absolute atomic E-state index is 0.117. The summed E-state index contributed by atoms with van der Waals surface area (Å²) >= 11 is 0. The van der Waals surface area contributed by atoms with Gasteiger partial charge >= 0.3 is 0 Å². The molecule has 0 radical (unpaired) electrons. The first-order chi connectivity index (χ1) is 12.6. The van der Waals surface area contributed by atoms with Crippen LogP contribution in [0.1, 0.15) is 48.3 Å². The average molecular weight is 357 g/mol. The fourth-order valence-electron chi connectivity index (χ4n) is 2.62. The molecule has 0 aromatic heterocycles. The van der Waals surface area contributed by atoms with E-state index in [1.165, 1.54) is 0 Å². The van der Waals surface area contributed by atoms with Crippen LogP contribution in [0, 0.1) is 0 Å². The van der Waals surface area contributed by atoms with Crippen LogP contribution >= 0.6 is 0 Å². The minimum atomic E-state index is -0.156. The summed E-state index contributed by atoms with van der Waals surface area (Å²) in [5, 5.41) is 3.02. The molecule has 0 saturated heterocycles. The molecule has 140 valence electrons. The Morgan fingerprint density at radius 1 is 1.00 bits per heavy atom. The maximum Gasteiger partial charge on any atom is 0.251 e. The molecule has 1 atom stereocenters. The molecule has 5 nitrogen and oxygen atoms in total. The number of methoxy groups -OCH3 is 1. The summed E-state index contributed by atoms with van der Waals surface area (Å²) in [5.41, 5.74) is 2.61. The highest BCUT2D eigenvalue weighted by Crippen LogP contribution is 2.30. The van der Waals surface area contributed by atoms with Crippen molar-refractivity contribution in [1.29, 1.82) is 0 Å². The molecule has 0 heterocycles. The Labute approximate surface area is 155 Å². The van der Waals surface area contributed by atoms with Crippen LogP contribution in [0.5, 0.6) is 11.5 Å². The Kier molecular flexibility index (Phi) is 7.48. The third kappa shape index (κ3) is 5.23. The van der Waals surface area contributed by atoms with Gasteiger partial charge in [-0.1, -0.05) is 18.2 Å². The van der Waals surface area contributed by atoms with E-state index in [-0.39, 0.29) is 11.9 Å². The number of carbonyl (C=O) groups is 1. The summed E-state index contributed by atoms with van der Waals surface area (Å²) in [6.45, 7) is 7.47. The summed E-state index contributed by atoms with van der Waals surface area (Å²) < 4.78 is 16.3. The Morgan fingerprint density at radius 3 is 2.27 bits per heavy atom.